The van der Waals surface area contributed by atoms with Gasteiger partial charge >= 0.3 is 0 Å². The first-order chi connectivity index (χ1) is 10.2. The molecule has 0 aliphatic carbocycles. The van der Waals surface area contributed by atoms with Gasteiger partial charge in [0.2, 0.25) is 0 Å². The zero-order valence-corrected chi connectivity index (χ0v) is 12.8. The van der Waals surface area contributed by atoms with E-state index in [4.69, 9.17) is 10.5 Å². The fourth-order valence-electron chi connectivity index (χ4n) is 2.25. The molecule has 0 saturated heterocycles. The third-order valence-corrected chi connectivity index (χ3v) is 4.68. The van der Waals surface area contributed by atoms with Crippen molar-refractivity contribution in [1.29, 1.82) is 0 Å². The molecule has 0 aliphatic heterocycles. The summed E-state index contributed by atoms with van der Waals surface area (Å²) in [6, 6.07) is 13.9. The summed E-state index contributed by atoms with van der Waals surface area (Å²) in [6.45, 7) is 2.06. The van der Waals surface area contributed by atoms with Crippen LogP contribution in [-0.4, -0.2) is 12.1 Å². The number of nitrogens with zero attached hydrogens (tertiary/aromatic N) is 1. The minimum Gasteiger partial charge on any atom is -0.494 e. The molecule has 106 valence electrons. The second kappa shape index (κ2) is 5.66. The zero-order chi connectivity index (χ0) is 14.8. The van der Waals surface area contributed by atoms with Gasteiger partial charge in [-0.1, -0.05) is 36.0 Å². The van der Waals surface area contributed by atoms with E-state index in [1.165, 1.54) is 0 Å². The maximum Gasteiger partial charge on any atom is 0.145 e. The molecule has 4 heteroatoms. The third kappa shape index (κ3) is 2.54. The molecule has 0 aliphatic rings. The van der Waals surface area contributed by atoms with Crippen LogP contribution >= 0.6 is 11.8 Å². The van der Waals surface area contributed by atoms with Gasteiger partial charge in [-0.3, -0.25) is 4.98 Å². The summed E-state index contributed by atoms with van der Waals surface area (Å²) >= 11 is 1.67. The number of aryl methyl sites for hydroxylation is 1. The Balaban J connectivity index is 2.18. The average Bonchev–Trinajstić information content (AvgIpc) is 2.51. The van der Waals surface area contributed by atoms with Crippen LogP contribution < -0.4 is 10.5 Å². The van der Waals surface area contributed by atoms with E-state index in [0.29, 0.717) is 0 Å². The first kappa shape index (κ1) is 13.8. The highest BCUT2D eigenvalue weighted by molar-refractivity contribution is 7.99. The minimum absolute atomic E-state index is 0.787. The van der Waals surface area contributed by atoms with Crippen LogP contribution in [0.5, 0.6) is 5.75 Å². The maximum absolute atomic E-state index is 6.06. The smallest absolute Gasteiger partial charge is 0.145 e. The van der Waals surface area contributed by atoms with Crippen molar-refractivity contribution in [3.63, 3.8) is 0 Å². The van der Waals surface area contributed by atoms with Crippen LogP contribution in [0.1, 0.15) is 5.56 Å². The Morgan fingerprint density at radius 2 is 1.90 bits per heavy atom. The van der Waals surface area contributed by atoms with Crippen LogP contribution in [0.25, 0.3) is 10.9 Å². The molecule has 1 heterocycles. The van der Waals surface area contributed by atoms with E-state index in [-0.39, 0.29) is 0 Å². The van der Waals surface area contributed by atoms with Crippen molar-refractivity contribution >= 4 is 28.4 Å². The number of anilines is 1. The van der Waals surface area contributed by atoms with Crippen molar-refractivity contribution in [3.8, 4) is 5.75 Å². The summed E-state index contributed by atoms with van der Waals surface area (Å²) in [6.07, 6.45) is 1.88. The molecule has 3 nitrogen and oxygen atoms in total. The number of benzene rings is 2. The van der Waals surface area contributed by atoms with Crippen molar-refractivity contribution in [1.82, 2.24) is 4.98 Å². The Hall–Kier alpha value is -2.20. The quantitative estimate of drug-likeness (QED) is 0.733. The van der Waals surface area contributed by atoms with Crippen molar-refractivity contribution in [2.75, 3.05) is 12.8 Å². The highest BCUT2D eigenvalue weighted by Gasteiger charge is 2.12. The monoisotopic (exact) mass is 296 g/mol. The van der Waals surface area contributed by atoms with E-state index in [1.54, 1.807) is 18.9 Å². The molecular formula is C17H16N2OS. The standard InChI is InChI=1S/C17H16N2OS/c1-11-10-19-16-12(6-5-8-14(16)20-2)17(11)21-15-9-4-3-7-13(15)18/h3-10H,18H2,1-2H3. The number of pyridine rings is 1. The predicted molar refractivity (Wildman–Crippen MR) is 88.0 cm³/mol. The summed E-state index contributed by atoms with van der Waals surface area (Å²) in [4.78, 5) is 6.72. The molecule has 0 radical (unpaired) electrons. The number of hydrogen-bond acceptors (Lipinski definition) is 4. The number of hydrogen-bond donors (Lipinski definition) is 1. The third-order valence-electron chi connectivity index (χ3n) is 3.34. The van der Waals surface area contributed by atoms with Crippen molar-refractivity contribution in [3.05, 3.63) is 54.2 Å². The molecule has 3 rings (SSSR count). The number of para-hydroxylation sites is 2. The summed E-state index contributed by atoms with van der Waals surface area (Å²) in [5.41, 5.74) is 8.85. The van der Waals surface area contributed by atoms with Gasteiger partial charge in [-0.2, -0.15) is 0 Å². The Kier molecular flexibility index (Phi) is 3.71. The lowest BCUT2D eigenvalue weighted by atomic mass is 10.1. The summed E-state index contributed by atoms with van der Waals surface area (Å²) < 4.78 is 5.40. The number of methoxy groups -OCH3 is 1. The van der Waals surface area contributed by atoms with E-state index < -0.39 is 0 Å². The SMILES string of the molecule is COc1cccc2c(Sc3ccccc3N)c(C)cnc12. The average molecular weight is 296 g/mol. The molecule has 0 fully saturated rings. The normalized spacial score (nSPS) is 10.8. The van der Waals surface area contributed by atoms with Gasteiger partial charge in [0.05, 0.1) is 7.11 Å². The highest BCUT2D eigenvalue weighted by atomic mass is 32.2. The summed E-state index contributed by atoms with van der Waals surface area (Å²) in [5.74, 6) is 0.787. The Labute approximate surface area is 128 Å². The van der Waals surface area contributed by atoms with Crippen LogP contribution in [0.15, 0.2) is 58.5 Å². The molecule has 0 saturated carbocycles. The van der Waals surface area contributed by atoms with Gasteiger partial charge in [-0.25, -0.2) is 0 Å². The van der Waals surface area contributed by atoms with E-state index >= 15 is 0 Å². The van der Waals surface area contributed by atoms with Gasteiger partial charge in [0.15, 0.2) is 0 Å². The van der Waals surface area contributed by atoms with Crippen LogP contribution in [-0.2, 0) is 0 Å². The van der Waals surface area contributed by atoms with Crippen LogP contribution in [0, 0.1) is 6.92 Å². The summed E-state index contributed by atoms with van der Waals surface area (Å²) in [5, 5.41) is 1.09. The first-order valence-electron chi connectivity index (χ1n) is 6.65. The van der Waals surface area contributed by atoms with Gasteiger partial charge in [0, 0.05) is 27.1 Å². The molecule has 1 aromatic heterocycles. The Bertz CT molecular complexity index is 802. The predicted octanol–water partition coefficient (Wildman–Crippen LogP) is 4.29. The number of fused-ring (bicyclic) bond motifs is 1. The number of rotatable bonds is 3. The number of nitrogen functional groups attached to an aromatic ring is 1. The van der Waals surface area contributed by atoms with E-state index in [0.717, 1.165) is 37.7 Å². The van der Waals surface area contributed by atoms with Gasteiger partial charge < -0.3 is 10.5 Å². The first-order valence-corrected chi connectivity index (χ1v) is 7.47. The molecule has 0 atom stereocenters. The second-order valence-electron chi connectivity index (χ2n) is 4.77. The van der Waals surface area contributed by atoms with Crippen LogP contribution in [0.2, 0.25) is 0 Å². The highest BCUT2D eigenvalue weighted by Crippen LogP contribution is 2.39. The lowest BCUT2D eigenvalue weighted by Crippen LogP contribution is -1.92. The van der Waals surface area contributed by atoms with Gasteiger partial charge in [-0.15, -0.1) is 0 Å². The fraction of sp³-hybridized carbons (Fsp3) is 0.118. The molecule has 3 aromatic rings. The fourth-order valence-corrected chi connectivity index (χ4v) is 3.30. The number of nitrogens with two attached hydrogens (primary N) is 1. The molecule has 2 aromatic carbocycles. The van der Waals surface area contributed by atoms with Crippen molar-refractivity contribution < 1.29 is 4.74 Å². The van der Waals surface area contributed by atoms with Crippen molar-refractivity contribution in [2.45, 2.75) is 16.7 Å². The molecule has 0 spiro atoms. The van der Waals surface area contributed by atoms with E-state index in [9.17, 15) is 0 Å². The zero-order valence-electron chi connectivity index (χ0n) is 12.0. The maximum atomic E-state index is 6.06. The van der Waals surface area contributed by atoms with Gasteiger partial charge in [0.25, 0.3) is 0 Å². The van der Waals surface area contributed by atoms with Gasteiger partial charge in [-0.05, 0) is 30.7 Å². The van der Waals surface area contributed by atoms with Gasteiger partial charge in [0.1, 0.15) is 11.3 Å². The minimum atomic E-state index is 0.787. The van der Waals surface area contributed by atoms with E-state index in [2.05, 4.69) is 18.0 Å². The molecule has 0 bridgehead atoms. The molecule has 21 heavy (non-hydrogen) atoms. The Morgan fingerprint density at radius 1 is 1.10 bits per heavy atom. The van der Waals surface area contributed by atoms with Crippen molar-refractivity contribution in [2.24, 2.45) is 0 Å². The summed E-state index contributed by atoms with van der Waals surface area (Å²) in [7, 11) is 1.66. The van der Waals surface area contributed by atoms with Crippen LogP contribution in [0.3, 0.4) is 0 Å². The second-order valence-corrected chi connectivity index (χ2v) is 5.82. The lowest BCUT2D eigenvalue weighted by Gasteiger charge is -2.12. The molecule has 0 unspecified atom stereocenters. The molecular weight excluding hydrogens is 280 g/mol. The topological polar surface area (TPSA) is 48.1 Å². The Morgan fingerprint density at radius 3 is 2.67 bits per heavy atom. The number of aromatic nitrogens is 1. The van der Waals surface area contributed by atoms with E-state index in [1.807, 2.05) is 42.6 Å². The molecule has 0 amide bonds. The largest absolute Gasteiger partial charge is 0.494 e. The lowest BCUT2D eigenvalue weighted by molar-refractivity contribution is 0.419. The van der Waals surface area contributed by atoms with Crippen LogP contribution in [0.4, 0.5) is 5.69 Å². The molecule has 2 N–H and O–H groups in total. The number of ether oxygens (including phenoxy) is 1.